The van der Waals surface area contributed by atoms with Gasteiger partial charge in [0.2, 0.25) is 0 Å². The van der Waals surface area contributed by atoms with Crippen molar-refractivity contribution in [3.8, 4) is 0 Å². The number of aryl methyl sites for hydroxylation is 1. The van der Waals surface area contributed by atoms with Gasteiger partial charge in [-0.3, -0.25) is 4.79 Å². The van der Waals surface area contributed by atoms with Gasteiger partial charge in [0.05, 0.1) is 6.33 Å². The van der Waals surface area contributed by atoms with Crippen LogP contribution in [0.15, 0.2) is 67.3 Å². The number of carbonyl (C=O) groups is 1. The van der Waals surface area contributed by atoms with E-state index in [2.05, 4.69) is 21.4 Å². The lowest BCUT2D eigenvalue weighted by Gasteiger charge is -2.07. The fraction of sp³-hybridized carbons (Fsp3) is 0.100. The van der Waals surface area contributed by atoms with Crippen LogP contribution in [0.2, 0.25) is 0 Å². The second kappa shape index (κ2) is 6.28. The van der Waals surface area contributed by atoms with E-state index in [4.69, 9.17) is 0 Å². The molecule has 2 aromatic carbocycles. The Kier molecular flexibility index (Phi) is 3.82. The predicted molar refractivity (Wildman–Crippen MR) is 98.8 cm³/mol. The molecule has 0 unspecified atom stereocenters. The zero-order chi connectivity index (χ0) is 17.2. The molecule has 0 saturated carbocycles. The number of benzene rings is 2. The first kappa shape index (κ1) is 15.2. The molecule has 0 saturated heterocycles. The van der Waals surface area contributed by atoms with Gasteiger partial charge in [-0.15, -0.1) is 0 Å². The summed E-state index contributed by atoms with van der Waals surface area (Å²) in [7, 11) is 0. The third kappa shape index (κ3) is 3.30. The second-order valence-electron chi connectivity index (χ2n) is 6.16. The summed E-state index contributed by atoms with van der Waals surface area (Å²) in [6, 6.07) is 15.8. The molecule has 1 amide bonds. The minimum Gasteiger partial charge on any atom is -0.351 e. The van der Waals surface area contributed by atoms with E-state index in [-0.39, 0.29) is 5.91 Å². The lowest BCUT2D eigenvalue weighted by Crippen LogP contribution is -2.12. The number of H-pyrrole nitrogens is 1. The van der Waals surface area contributed by atoms with E-state index < -0.39 is 0 Å². The number of rotatable bonds is 4. The van der Waals surface area contributed by atoms with Crippen molar-refractivity contribution in [3.63, 3.8) is 0 Å². The summed E-state index contributed by atoms with van der Waals surface area (Å²) >= 11 is 0. The Hall–Kier alpha value is -3.34. The largest absolute Gasteiger partial charge is 0.351 e. The van der Waals surface area contributed by atoms with Crippen LogP contribution < -0.4 is 5.32 Å². The van der Waals surface area contributed by atoms with E-state index in [9.17, 15) is 4.79 Å². The highest BCUT2D eigenvalue weighted by molar-refractivity contribution is 6.06. The van der Waals surface area contributed by atoms with E-state index in [0.717, 1.165) is 28.7 Å². The monoisotopic (exact) mass is 330 g/mol. The third-order valence-corrected chi connectivity index (χ3v) is 4.13. The highest BCUT2D eigenvalue weighted by Gasteiger charge is 2.10. The summed E-state index contributed by atoms with van der Waals surface area (Å²) in [5.41, 5.74) is 4.57. The molecule has 0 radical (unpaired) electrons. The SMILES string of the molecule is Cc1ccc2[nH]c(C(=O)Nc3cccc(Cn4ccnc4)c3)cc2c1. The Morgan fingerprint density at radius 3 is 2.96 bits per heavy atom. The number of anilines is 1. The molecule has 25 heavy (non-hydrogen) atoms. The molecule has 0 aliphatic heterocycles. The van der Waals surface area contributed by atoms with Crippen molar-refractivity contribution in [3.05, 3.63) is 84.1 Å². The molecule has 124 valence electrons. The van der Waals surface area contributed by atoms with Crippen LogP contribution in [0.3, 0.4) is 0 Å². The molecule has 5 nitrogen and oxygen atoms in total. The lowest BCUT2D eigenvalue weighted by atomic mass is 10.2. The molecule has 0 bridgehead atoms. The minimum absolute atomic E-state index is 0.145. The molecule has 2 N–H and O–H groups in total. The number of fused-ring (bicyclic) bond motifs is 1. The molecule has 4 aromatic rings. The maximum atomic E-state index is 12.5. The fourth-order valence-corrected chi connectivity index (χ4v) is 2.91. The quantitative estimate of drug-likeness (QED) is 0.594. The van der Waals surface area contributed by atoms with Crippen molar-refractivity contribution in [2.24, 2.45) is 0 Å². The Bertz CT molecular complexity index is 1030. The number of hydrogen-bond acceptors (Lipinski definition) is 2. The van der Waals surface area contributed by atoms with Crippen LogP contribution in [0.4, 0.5) is 5.69 Å². The zero-order valence-corrected chi connectivity index (χ0v) is 13.9. The summed E-state index contributed by atoms with van der Waals surface area (Å²) in [4.78, 5) is 19.8. The third-order valence-electron chi connectivity index (χ3n) is 4.13. The summed E-state index contributed by atoms with van der Waals surface area (Å²) in [6.07, 6.45) is 5.44. The van der Waals surface area contributed by atoms with Gasteiger partial charge in [-0.1, -0.05) is 23.8 Å². The molecule has 0 fully saturated rings. The molecule has 0 atom stereocenters. The normalized spacial score (nSPS) is 10.9. The molecule has 0 aliphatic carbocycles. The van der Waals surface area contributed by atoms with E-state index in [1.54, 1.807) is 12.5 Å². The van der Waals surface area contributed by atoms with Gasteiger partial charge >= 0.3 is 0 Å². The summed E-state index contributed by atoms with van der Waals surface area (Å²) in [5.74, 6) is -0.145. The number of amides is 1. The first-order valence-corrected chi connectivity index (χ1v) is 8.13. The Labute approximate surface area is 145 Å². The number of nitrogens with zero attached hydrogens (tertiary/aromatic N) is 2. The van der Waals surface area contributed by atoms with Gasteiger partial charge in [0.1, 0.15) is 5.69 Å². The van der Waals surface area contributed by atoms with Crippen molar-refractivity contribution < 1.29 is 4.79 Å². The number of hydrogen-bond donors (Lipinski definition) is 2. The molecular weight excluding hydrogens is 312 g/mol. The van der Waals surface area contributed by atoms with Gasteiger partial charge < -0.3 is 14.9 Å². The average molecular weight is 330 g/mol. The first-order chi connectivity index (χ1) is 12.2. The number of aromatic nitrogens is 3. The first-order valence-electron chi connectivity index (χ1n) is 8.13. The van der Waals surface area contributed by atoms with Gasteiger partial charge in [0.15, 0.2) is 0 Å². The van der Waals surface area contributed by atoms with Gasteiger partial charge in [-0.2, -0.15) is 0 Å². The van der Waals surface area contributed by atoms with Crippen molar-refractivity contribution in [1.82, 2.24) is 14.5 Å². The van der Waals surface area contributed by atoms with Crippen LogP contribution in [0.1, 0.15) is 21.6 Å². The topological polar surface area (TPSA) is 62.7 Å². The van der Waals surface area contributed by atoms with Crippen molar-refractivity contribution in [2.75, 3.05) is 5.32 Å². The van der Waals surface area contributed by atoms with Crippen molar-refractivity contribution in [1.29, 1.82) is 0 Å². The maximum absolute atomic E-state index is 12.5. The average Bonchev–Trinajstić information content (AvgIpc) is 3.24. The van der Waals surface area contributed by atoms with Crippen LogP contribution in [0.25, 0.3) is 10.9 Å². The zero-order valence-electron chi connectivity index (χ0n) is 13.9. The minimum atomic E-state index is -0.145. The van der Waals surface area contributed by atoms with E-state index in [1.807, 2.05) is 60.2 Å². The molecule has 5 heteroatoms. The lowest BCUT2D eigenvalue weighted by molar-refractivity contribution is 0.102. The molecular formula is C20H18N4O. The number of carbonyl (C=O) groups excluding carboxylic acids is 1. The molecule has 0 spiro atoms. The van der Waals surface area contributed by atoms with Crippen LogP contribution in [-0.4, -0.2) is 20.4 Å². The van der Waals surface area contributed by atoms with Crippen LogP contribution in [-0.2, 0) is 6.54 Å². The van der Waals surface area contributed by atoms with Gasteiger partial charge in [-0.25, -0.2) is 4.98 Å². The number of aromatic amines is 1. The molecule has 2 aromatic heterocycles. The molecule has 0 aliphatic rings. The van der Waals surface area contributed by atoms with Crippen LogP contribution >= 0.6 is 0 Å². The second-order valence-corrected chi connectivity index (χ2v) is 6.16. The molecule has 4 rings (SSSR count). The summed E-state index contributed by atoms with van der Waals surface area (Å²) in [5, 5.41) is 4.00. The Balaban J connectivity index is 1.53. The highest BCUT2D eigenvalue weighted by atomic mass is 16.1. The highest BCUT2D eigenvalue weighted by Crippen LogP contribution is 2.18. The van der Waals surface area contributed by atoms with E-state index in [1.165, 1.54) is 5.56 Å². The maximum Gasteiger partial charge on any atom is 0.272 e. The Morgan fingerprint density at radius 1 is 1.20 bits per heavy atom. The standard InChI is InChI=1S/C20H18N4O/c1-14-5-6-18-16(9-14)11-19(23-18)20(25)22-17-4-2-3-15(10-17)12-24-8-7-21-13-24/h2-11,13,23H,12H2,1H3,(H,22,25). The number of nitrogens with one attached hydrogen (secondary N) is 2. The summed E-state index contributed by atoms with van der Waals surface area (Å²) < 4.78 is 1.99. The van der Waals surface area contributed by atoms with E-state index in [0.29, 0.717) is 5.69 Å². The van der Waals surface area contributed by atoms with Gasteiger partial charge in [0, 0.05) is 35.5 Å². The van der Waals surface area contributed by atoms with Crippen molar-refractivity contribution in [2.45, 2.75) is 13.5 Å². The van der Waals surface area contributed by atoms with Gasteiger partial charge in [-0.05, 0) is 42.8 Å². The predicted octanol–water partition coefficient (Wildman–Crippen LogP) is 3.97. The van der Waals surface area contributed by atoms with Crippen molar-refractivity contribution >= 4 is 22.5 Å². The van der Waals surface area contributed by atoms with Crippen LogP contribution in [0.5, 0.6) is 0 Å². The summed E-state index contributed by atoms with van der Waals surface area (Å²) in [6.45, 7) is 2.76. The number of imidazole rings is 1. The van der Waals surface area contributed by atoms with E-state index >= 15 is 0 Å². The van der Waals surface area contributed by atoms with Gasteiger partial charge in [0.25, 0.3) is 5.91 Å². The fourth-order valence-electron chi connectivity index (χ4n) is 2.91. The smallest absolute Gasteiger partial charge is 0.272 e. The molecule has 2 heterocycles. The Morgan fingerprint density at radius 2 is 2.12 bits per heavy atom. The van der Waals surface area contributed by atoms with Crippen LogP contribution in [0, 0.1) is 6.92 Å².